The number of halogens is 1. The van der Waals surface area contributed by atoms with Gasteiger partial charge >= 0.3 is 0 Å². The summed E-state index contributed by atoms with van der Waals surface area (Å²) < 4.78 is -0.464. The van der Waals surface area contributed by atoms with Crippen LogP contribution in [0.1, 0.15) is 41.0 Å². The van der Waals surface area contributed by atoms with Crippen LogP contribution >= 0.6 is 15.9 Å². The molecule has 0 heterocycles. The monoisotopic (exact) mass is 249 g/mol. The Morgan fingerprint density at radius 3 is 2.23 bits per heavy atom. The minimum absolute atomic E-state index is 0.0558. The number of hydrogen-bond donors (Lipinski definition) is 1. The van der Waals surface area contributed by atoms with Crippen molar-refractivity contribution >= 4 is 21.8 Å². The average Bonchev–Trinajstić information content (AvgIpc) is 2.01. The topological polar surface area (TPSA) is 29.1 Å². The van der Waals surface area contributed by atoms with Crippen LogP contribution in [0.15, 0.2) is 0 Å². The number of carbonyl (C=O) groups is 1. The summed E-state index contributed by atoms with van der Waals surface area (Å²) in [4.78, 5) is 11.5. The second-order valence-electron chi connectivity index (χ2n) is 4.12. The summed E-state index contributed by atoms with van der Waals surface area (Å²) in [6.07, 6.45) is 1.09. The first-order valence-electron chi connectivity index (χ1n) is 4.79. The zero-order chi connectivity index (χ0) is 10.6. The number of nitrogens with one attached hydrogen (secondary N) is 1. The van der Waals surface area contributed by atoms with E-state index in [2.05, 4.69) is 35.1 Å². The lowest BCUT2D eigenvalue weighted by atomic mass is 10.0. The van der Waals surface area contributed by atoms with E-state index in [0.717, 1.165) is 6.42 Å². The molecular formula is C10H20BrNO. The largest absolute Gasteiger partial charge is 0.352 e. The molecule has 0 fully saturated rings. The second-order valence-corrected chi connectivity index (χ2v) is 6.10. The van der Waals surface area contributed by atoms with Gasteiger partial charge in [0, 0.05) is 6.04 Å². The van der Waals surface area contributed by atoms with E-state index in [-0.39, 0.29) is 11.9 Å². The minimum Gasteiger partial charge on any atom is -0.352 e. The van der Waals surface area contributed by atoms with Crippen molar-refractivity contribution in [3.63, 3.8) is 0 Å². The fourth-order valence-corrected chi connectivity index (χ4v) is 0.989. The maximum absolute atomic E-state index is 11.5. The predicted octanol–water partition coefficient (Wildman–Crippen LogP) is 2.71. The van der Waals surface area contributed by atoms with Gasteiger partial charge in [-0.1, -0.05) is 36.2 Å². The van der Waals surface area contributed by atoms with E-state index in [1.165, 1.54) is 0 Å². The Balaban J connectivity index is 4.07. The molecule has 0 aromatic rings. The molecule has 0 saturated heterocycles. The first kappa shape index (κ1) is 12.9. The number of hydrogen-bond acceptors (Lipinski definition) is 1. The van der Waals surface area contributed by atoms with Crippen molar-refractivity contribution in [2.75, 3.05) is 0 Å². The van der Waals surface area contributed by atoms with Crippen molar-refractivity contribution in [2.45, 2.75) is 51.4 Å². The molecule has 0 rings (SSSR count). The predicted molar refractivity (Wildman–Crippen MR) is 60.1 cm³/mol. The van der Waals surface area contributed by atoms with Gasteiger partial charge in [0.15, 0.2) is 0 Å². The number of alkyl halides is 1. The Hall–Kier alpha value is -0.0500. The molecular weight excluding hydrogens is 230 g/mol. The van der Waals surface area contributed by atoms with Gasteiger partial charge in [0.1, 0.15) is 0 Å². The summed E-state index contributed by atoms with van der Waals surface area (Å²) in [6, 6.07) is 0.245. The molecule has 3 heteroatoms. The van der Waals surface area contributed by atoms with E-state index >= 15 is 0 Å². The van der Waals surface area contributed by atoms with Crippen molar-refractivity contribution in [1.82, 2.24) is 5.32 Å². The van der Waals surface area contributed by atoms with Crippen molar-refractivity contribution in [3.8, 4) is 0 Å². The number of rotatable bonds is 4. The summed E-state index contributed by atoms with van der Waals surface area (Å²) in [6.45, 7) is 10.0. The summed E-state index contributed by atoms with van der Waals surface area (Å²) in [7, 11) is 0. The van der Waals surface area contributed by atoms with Crippen LogP contribution in [-0.4, -0.2) is 16.3 Å². The molecule has 1 N–H and O–H groups in total. The smallest absolute Gasteiger partial charge is 0.236 e. The van der Waals surface area contributed by atoms with E-state index in [1.807, 2.05) is 20.8 Å². The Labute approximate surface area is 89.6 Å². The third-order valence-electron chi connectivity index (χ3n) is 2.40. The quantitative estimate of drug-likeness (QED) is 0.763. The van der Waals surface area contributed by atoms with Crippen LogP contribution in [0.5, 0.6) is 0 Å². The van der Waals surface area contributed by atoms with Crippen LogP contribution in [-0.2, 0) is 4.79 Å². The van der Waals surface area contributed by atoms with Gasteiger partial charge < -0.3 is 5.32 Å². The molecule has 0 aliphatic rings. The molecule has 0 saturated carbocycles. The lowest BCUT2D eigenvalue weighted by molar-refractivity contribution is -0.123. The van der Waals surface area contributed by atoms with Gasteiger partial charge in [-0.25, -0.2) is 0 Å². The van der Waals surface area contributed by atoms with Crippen molar-refractivity contribution in [3.05, 3.63) is 0 Å². The molecule has 2 atom stereocenters. The van der Waals surface area contributed by atoms with E-state index in [9.17, 15) is 4.79 Å². The highest BCUT2D eigenvalue weighted by Gasteiger charge is 2.25. The zero-order valence-corrected chi connectivity index (χ0v) is 10.7. The van der Waals surface area contributed by atoms with Crippen LogP contribution in [0.3, 0.4) is 0 Å². The van der Waals surface area contributed by atoms with E-state index in [4.69, 9.17) is 0 Å². The Kier molecular flexibility index (Phi) is 4.97. The molecule has 0 aliphatic heterocycles. The highest BCUT2D eigenvalue weighted by Crippen LogP contribution is 2.17. The highest BCUT2D eigenvalue weighted by atomic mass is 79.9. The lowest BCUT2D eigenvalue weighted by Gasteiger charge is -2.24. The number of carbonyl (C=O) groups excluding carboxylic acids is 1. The molecule has 78 valence electrons. The fourth-order valence-electron chi connectivity index (χ4n) is 0.874. The third-order valence-corrected chi connectivity index (χ3v) is 2.76. The zero-order valence-electron chi connectivity index (χ0n) is 9.15. The molecule has 13 heavy (non-hydrogen) atoms. The van der Waals surface area contributed by atoms with Gasteiger partial charge in [-0.15, -0.1) is 0 Å². The molecule has 0 spiro atoms. The first-order valence-corrected chi connectivity index (χ1v) is 5.58. The van der Waals surface area contributed by atoms with Crippen LogP contribution in [0.25, 0.3) is 0 Å². The maximum Gasteiger partial charge on any atom is 0.236 e. The molecule has 0 bridgehead atoms. The van der Waals surface area contributed by atoms with E-state index in [0.29, 0.717) is 5.92 Å². The molecule has 0 aromatic carbocycles. The summed E-state index contributed by atoms with van der Waals surface area (Å²) >= 11 is 3.33. The molecule has 2 unspecified atom stereocenters. The molecule has 0 aromatic heterocycles. The summed E-state index contributed by atoms with van der Waals surface area (Å²) in [5.74, 6) is 0.583. The Bertz CT molecular complexity index is 174. The molecule has 1 amide bonds. The average molecular weight is 250 g/mol. The summed E-state index contributed by atoms with van der Waals surface area (Å²) in [5, 5.41) is 2.98. The van der Waals surface area contributed by atoms with Crippen molar-refractivity contribution in [1.29, 1.82) is 0 Å². The van der Waals surface area contributed by atoms with Gasteiger partial charge in [-0.05, 0) is 26.7 Å². The van der Waals surface area contributed by atoms with Crippen LogP contribution < -0.4 is 5.32 Å². The third kappa shape index (κ3) is 4.65. The maximum atomic E-state index is 11.5. The van der Waals surface area contributed by atoms with E-state index in [1.54, 1.807) is 0 Å². The van der Waals surface area contributed by atoms with Gasteiger partial charge in [0.25, 0.3) is 0 Å². The van der Waals surface area contributed by atoms with Crippen LogP contribution in [0, 0.1) is 5.92 Å². The second kappa shape index (κ2) is 4.99. The van der Waals surface area contributed by atoms with Crippen molar-refractivity contribution in [2.24, 2.45) is 5.92 Å². The van der Waals surface area contributed by atoms with Crippen LogP contribution in [0.2, 0.25) is 0 Å². The van der Waals surface area contributed by atoms with E-state index < -0.39 is 4.32 Å². The first-order chi connectivity index (χ1) is 5.79. The Morgan fingerprint density at radius 1 is 1.46 bits per heavy atom. The van der Waals surface area contributed by atoms with Gasteiger partial charge in [-0.2, -0.15) is 0 Å². The SMILES string of the molecule is CCC(C)C(C)NC(=O)C(C)(C)Br. The normalized spacial score (nSPS) is 16.5. The highest BCUT2D eigenvalue weighted by molar-refractivity contribution is 9.10. The fraction of sp³-hybridized carbons (Fsp3) is 0.900. The minimum atomic E-state index is -0.464. The standard InChI is InChI=1S/C10H20BrNO/c1-6-7(2)8(3)12-9(13)10(4,5)11/h7-8H,6H2,1-5H3,(H,12,13). The van der Waals surface area contributed by atoms with Gasteiger partial charge in [0.2, 0.25) is 5.91 Å². The molecule has 2 nitrogen and oxygen atoms in total. The van der Waals surface area contributed by atoms with Gasteiger partial charge in [-0.3, -0.25) is 4.79 Å². The number of amides is 1. The van der Waals surface area contributed by atoms with Gasteiger partial charge in [0.05, 0.1) is 4.32 Å². The summed E-state index contributed by atoms with van der Waals surface area (Å²) in [5.41, 5.74) is 0. The van der Waals surface area contributed by atoms with Crippen LogP contribution in [0.4, 0.5) is 0 Å². The Morgan fingerprint density at radius 2 is 1.92 bits per heavy atom. The molecule has 0 aliphatic carbocycles. The van der Waals surface area contributed by atoms with Crippen molar-refractivity contribution < 1.29 is 4.79 Å². The molecule has 0 radical (unpaired) electrons. The lowest BCUT2D eigenvalue weighted by Crippen LogP contribution is -2.44.